The fraction of sp³-hybridized carbons (Fsp3) is 0.375. The van der Waals surface area contributed by atoms with Gasteiger partial charge in [0.1, 0.15) is 5.75 Å². The zero-order valence-electron chi connectivity index (χ0n) is 11.9. The van der Waals surface area contributed by atoms with Crippen LogP contribution in [0.15, 0.2) is 30.6 Å². The van der Waals surface area contributed by atoms with Crippen LogP contribution in [0.1, 0.15) is 35.7 Å². The third kappa shape index (κ3) is 2.96. The number of hydrogen-bond acceptors (Lipinski definition) is 4. The van der Waals surface area contributed by atoms with Gasteiger partial charge in [-0.15, -0.1) is 0 Å². The molecule has 2 heterocycles. The van der Waals surface area contributed by atoms with Crippen molar-refractivity contribution in [3.8, 4) is 11.6 Å². The molecule has 0 amide bonds. The number of hydrogen-bond donors (Lipinski definition) is 1. The standard InChI is InChI=1S/C16H19N3O/c1-11-6-12(2)8-13(7-11)20-16-10-18-15(9-19-16)14-4-3-5-17-14/h6-10,14,17H,3-5H2,1-2H3. The lowest BCUT2D eigenvalue weighted by Crippen LogP contribution is -2.14. The molecular formula is C16H19N3O. The van der Waals surface area contributed by atoms with Crippen LogP contribution >= 0.6 is 0 Å². The molecular weight excluding hydrogens is 250 g/mol. The summed E-state index contributed by atoms with van der Waals surface area (Å²) in [4.78, 5) is 8.80. The number of nitrogens with zero attached hydrogens (tertiary/aromatic N) is 2. The van der Waals surface area contributed by atoms with E-state index in [1.54, 1.807) is 12.4 Å². The van der Waals surface area contributed by atoms with Gasteiger partial charge in [-0.2, -0.15) is 0 Å². The number of ether oxygens (including phenoxy) is 1. The molecule has 4 nitrogen and oxygen atoms in total. The molecule has 0 saturated carbocycles. The molecule has 20 heavy (non-hydrogen) atoms. The van der Waals surface area contributed by atoms with Crippen molar-refractivity contribution < 1.29 is 4.74 Å². The fourth-order valence-electron chi connectivity index (χ4n) is 2.61. The number of aromatic nitrogens is 2. The van der Waals surface area contributed by atoms with Crippen molar-refractivity contribution in [1.82, 2.24) is 15.3 Å². The summed E-state index contributed by atoms with van der Waals surface area (Å²) in [6, 6.07) is 6.47. The quantitative estimate of drug-likeness (QED) is 0.928. The minimum absolute atomic E-state index is 0.345. The van der Waals surface area contributed by atoms with Gasteiger partial charge >= 0.3 is 0 Å². The van der Waals surface area contributed by atoms with Gasteiger partial charge in [-0.05, 0) is 56.5 Å². The highest BCUT2D eigenvalue weighted by atomic mass is 16.5. The maximum absolute atomic E-state index is 5.76. The number of benzene rings is 1. The summed E-state index contributed by atoms with van der Waals surface area (Å²) < 4.78 is 5.76. The topological polar surface area (TPSA) is 47.0 Å². The molecule has 4 heteroatoms. The normalized spacial score (nSPS) is 18.2. The lowest BCUT2D eigenvalue weighted by Gasteiger charge is -2.10. The van der Waals surface area contributed by atoms with E-state index in [1.807, 2.05) is 12.1 Å². The highest BCUT2D eigenvalue weighted by Crippen LogP contribution is 2.24. The van der Waals surface area contributed by atoms with E-state index in [0.29, 0.717) is 11.9 Å². The number of nitrogens with one attached hydrogen (secondary N) is 1. The van der Waals surface area contributed by atoms with Gasteiger partial charge in [0.15, 0.2) is 0 Å². The van der Waals surface area contributed by atoms with Crippen molar-refractivity contribution in [3.05, 3.63) is 47.4 Å². The molecule has 1 aromatic heterocycles. The van der Waals surface area contributed by atoms with Crippen molar-refractivity contribution in [2.45, 2.75) is 32.7 Å². The molecule has 1 atom stereocenters. The summed E-state index contributed by atoms with van der Waals surface area (Å²) in [5.74, 6) is 1.35. The Morgan fingerprint density at radius 2 is 1.90 bits per heavy atom. The van der Waals surface area contributed by atoms with Crippen LogP contribution in [0.25, 0.3) is 0 Å². The largest absolute Gasteiger partial charge is 0.437 e. The smallest absolute Gasteiger partial charge is 0.237 e. The second kappa shape index (κ2) is 5.59. The first kappa shape index (κ1) is 13.1. The zero-order valence-corrected chi connectivity index (χ0v) is 11.9. The first-order valence-corrected chi connectivity index (χ1v) is 7.02. The predicted molar refractivity (Wildman–Crippen MR) is 78.0 cm³/mol. The minimum atomic E-state index is 0.345. The van der Waals surface area contributed by atoms with E-state index in [-0.39, 0.29) is 0 Å². The van der Waals surface area contributed by atoms with Crippen LogP contribution in [0.5, 0.6) is 11.6 Å². The molecule has 1 aliphatic rings. The predicted octanol–water partition coefficient (Wildman–Crippen LogP) is 3.31. The van der Waals surface area contributed by atoms with Gasteiger partial charge in [0.25, 0.3) is 0 Å². The highest BCUT2D eigenvalue weighted by Gasteiger charge is 2.17. The summed E-state index contributed by atoms with van der Waals surface area (Å²) in [5, 5.41) is 3.41. The maximum Gasteiger partial charge on any atom is 0.237 e. The summed E-state index contributed by atoms with van der Waals surface area (Å²) in [5.41, 5.74) is 3.36. The summed E-state index contributed by atoms with van der Waals surface area (Å²) >= 11 is 0. The van der Waals surface area contributed by atoms with E-state index < -0.39 is 0 Å². The van der Waals surface area contributed by atoms with E-state index >= 15 is 0 Å². The van der Waals surface area contributed by atoms with Gasteiger partial charge in [-0.25, -0.2) is 4.98 Å². The SMILES string of the molecule is Cc1cc(C)cc(Oc2cnc(C3CCCN3)cn2)c1. The first-order valence-electron chi connectivity index (χ1n) is 7.02. The number of rotatable bonds is 3. The lowest BCUT2D eigenvalue weighted by atomic mass is 10.1. The Hall–Kier alpha value is -1.94. The second-order valence-electron chi connectivity index (χ2n) is 5.35. The Labute approximate surface area is 119 Å². The molecule has 1 N–H and O–H groups in total. The van der Waals surface area contributed by atoms with Crippen LogP contribution in [0, 0.1) is 13.8 Å². The van der Waals surface area contributed by atoms with Gasteiger partial charge < -0.3 is 10.1 Å². The van der Waals surface area contributed by atoms with E-state index in [4.69, 9.17) is 4.74 Å². The average Bonchev–Trinajstić information content (AvgIpc) is 2.92. The molecule has 1 aliphatic heterocycles. The Morgan fingerprint density at radius 3 is 2.50 bits per heavy atom. The molecule has 2 aromatic rings. The Bertz CT molecular complexity index is 569. The molecule has 1 unspecified atom stereocenters. The third-order valence-electron chi connectivity index (χ3n) is 3.48. The zero-order chi connectivity index (χ0) is 13.9. The molecule has 1 fully saturated rings. The van der Waals surface area contributed by atoms with E-state index in [0.717, 1.165) is 24.4 Å². The highest BCUT2D eigenvalue weighted by molar-refractivity contribution is 5.35. The lowest BCUT2D eigenvalue weighted by molar-refractivity contribution is 0.457. The van der Waals surface area contributed by atoms with Gasteiger partial charge in [-0.1, -0.05) is 6.07 Å². The van der Waals surface area contributed by atoms with Gasteiger partial charge in [0.05, 0.1) is 24.1 Å². The van der Waals surface area contributed by atoms with E-state index in [9.17, 15) is 0 Å². The van der Waals surface area contributed by atoms with E-state index in [1.165, 1.54) is 17.5 Å². The van der Waals surface area contributed by atoms with Crippen molar-refractivity contribution in [1.29, 1.82) is 0 Å². The third-order valence-corrected chi connectivity index (χ3v) is 3.48. The first-order chi connectivity index (χ1) is 9.70. The molecule has 1 saturated heterocycles. The van der Waals surface area contributed by atoms with Crippen LogP contribution in [0.3, 0.4) is 0 Å². The van der Waals surface area contributed by atoms with Gasteiger partial charge in [0.2, 0.25) is 5.88 Å². The maximum atomic E-state index is 5.76. The summed E-state index contributed by atoms with van der Waals surface area (Å²) in [6.07, 6.45) is 5.84. The summed E-state index contributed by atoms with van der Waals surface area (Å²) in [7, 11) is 0. The fourth-order valence-corrected chi connectivity index (χ4v) is 2.61. The van der Waals surface area contributed by atoms with Crippen LogP contribution in [0.2, 0.25) is 0 Å². The minimum Gasteiger partial charge on any atom is -0.437 e. The van der Waals surface area contributed by atoms with Crippen molar-refractivity contribution in [2.24, 2.45) is 0 Å². The number of aryl methyl sites for hydroxylation is 2. The Kier molecular flexibility index (Phi) is 3.65. The second-order valence-corrected chi connectivity index (χ2v) is 5.35. The Balaban J connectivity index is 1.74. The van der Waals surface area contributed by atoms with Gasteiger partial charge in [0, 0.05) is 0 Å². The average molecular weight is 269 g/mol. The van der Waals surface area contributed by atoms with E-state index in [2.05, 4.69) is 35.2 Å². The van der Waals surface area contributed by atoms with Crippen LogP contribution in [-0.2, 0) is 0 Å². The molecule has 0 aliphatic carbocycles. The van der Waals surface area contributed by atoms with Crippen LogP contribution in [0.4, 0.5) is 0 Å². The summed E-state index contributed by atoms with van der Waals surface area (Å²) in [6.45, 7) is 5.17. The molecule has 0 spiro atoms. The monoisotopic (exact) mass is 269 g/mol. The van der Waals surface area contributed by atoms with Crippen molar-refractivity contribution >= 4 is 0 Å². The Morgan fingerprint density at radius 1 is 1.10 bits per heavy atom. The molecule has 0 radical (unpaired) electrons. The molecule has 3 rings (SSSR count). The van der Waals surface area contributed by atoms with Crippen molar-refractivity contribution in [3.63, 3.8) is 0 Å². The molecule has 104 valence electrons. The van der Waals surface area contributed by atoms with Gasteiger partial charge in [-0.3, -0.25) is 4.98 Å². The van der Waals surface area contributed by atoms with Crippen LogP contribution < -0.4 is 10.1 Å². The van der Waals surface area contributed by atoms with Crippen molar-refractivity contribution in [2.75, 3.05) is 6.54 Å². The van der Waals surface area contributed by atoms with Crippen LogP contribution in [-0.4, -0.2) is 16.5 Å². The molecule has 0 bridgehead atoms. The molecule has 1 aromatic carbocycles.